The molecule has 3 rings (SSSR count). The summed E-state index contributed by atoms with van der Waals surface area (Å²) in [6.45, 7) is 3.15. The van der Waals surface area contributed by atoms with E-state index in [4.69, 9.17) is 4.74 Å². The molecule has 0 radical (unpaired) electrons. The molecule has 0 spiro atoms. The van der Waals surface area contributed by atoms with E-state index in [0.717, 1.165) is 24.1 Å². The van der Waals surface area contributed by atoms with Gasteiger partial charge < -0.3 is 9.64 Å². The summed E-state index contributed by atoms with van der Waals surface area (Å²) in [5, 5.41) is 8.51. The highest BCUT2D eigenvalue weighted by Crippen LogP contribution is 2.36. The predicted molar refractivity (Wildman–Crippen MR) is 85.7 cm³/mol. The molecule has 1 aromatic carbocycles. The zero-order chi connectivity index (χ0) is 17.2. The number of ether oxygens (including phenoxy) is 1. The fraction of sp³-hybridized carbons (Fsp3) is 0.471. The van der Waals surface area contributed by atoms with Crippen LogP contribution in [0.4, 0.5) is 4.39 Å². The Morgan fingerprint density at radius 2 is 2.00 bits per heavy atom. The quantitative estimate of drug-likeness (QED) is 0.859. The number of aromatic nitrogens is 3. The molecule has 1 saturated heterocycles. The maximum absolute atomic E-state index is 13.3. The summed E-state index contributed by atoms with van der Waals surface area (Å²) in [5.41, 5.74) is 1.32. The van der Waals surface area contributed by atoms with Gasteiger partial charge in [-0.3, -0.25) is 4.79 Å². The summed E-state index contributed by atoms with van der Waals surface area (Å²) in [4.78, 5) is 13.0. The van der Waals surface area contributed by atoms with Gasteiger partial charge in [0.2, 0.25) is 5.91 Å². The minimum atomic E-state index is -0.397. The number of halogens is 1. The highest BCUT2D eigenvalue weighted by molar-refractivity contribution is 5.72. The molecule has 1 aromatic heterocycles. The molecular weight excluding hydrogens is 311 g/mol. The number of amides is 1. The van der Waals surface area contributed by atoms with Crippen molar-refractivity contribution in [3.05, 3.63) is 47.5 Å². The SMILES string of the molecule is CC(=O)N(C)Cc1cn(C2(c3ccc(F)cc3)CCOCC2)nn1. The Morgan fingerprint density at radius 3 is 2.62 bits per heavy atom. The first-order valence-corrected chi connectivity index (χ1v) is 7.98. The van der Waals surface area contributed by atoms with Gasteiger partial charge in [0.1, 0.15) is 11.5 Å². The molecule has 0 atom stereocenters. The lowest BCUT2D eigenvalue weighted by Crippen LogP contribution is -2.41. The van der Waals surface area contributed by atoms with E-state index in [1.807, 2.05) is 10.9 Å². The zero-order valence-corrected chi connectivity index (χ0v) is 13.9. The lowest BCUT2D eigenvalue weighted by Gasteiger charge is -2.37. The minimum Gasteiger partial charge on any atom is -0.381 e. The highest BCUT2D eigenvalue weighted by Gasteiger charge is 2.37. The predicted octanol–water partition coefficient (Wildman–Crippen LogP) is 1.95. The fourth-order valence-electron chi connectivity index (χ4n) is 3.05. The molecule has 128 valence electrons. The smallest absolute Gasteiger partial charge is 0.219 e. The molecule has 2 heterocycles. The molecule has 0 aliphatic carbocycles. The third-order valence-corrected chi connectivity index (χ3v) is 4.62. The van der Waals surface area contributed by atoms with Crippen LogP contribution >= 0.6 is 0 Å². The van der Waals surface area contributed by atoms with Crippen LogP contribution in [0.1, 0.15) is 31.0 Å². The summed E-state index contributed by atoms with van der Waals surface area (Å²) in [7, 11) is 1.73. The maximum Gasteiger partial charge on any atom is 0.219 e. The second kappa shape index (κ2) is 6.68. The van der Waals surface area contributed by atoms with Crippen LogP contribution < -0.4 is 0 Å². The number of rotatable bonds is 4. The molecule has 0 bridgehead atoms. The lowest BCUT2D eigenvalue weighted by atomic mass is 9.83. The Balaban J connectivity index is 1.93. The summed E-state index contributed by atoms with van der Waals surface area (Å²) < 4.78 is 20.7. The zero-order valence-electron chi connectivity index (χ0n) is 13.9. The van der Waals surface area contributed by atoms with E-state index >= 15 is 0 Å². The van der Waals surface area contributed by atoms with Crippen molar-refractivity contribution < 1.29 is 13.9 Å². The van der Waals surface area contributed by atoms with Crippen LogP contribution in [0.5, 0.6) is 0 Å². The van der Waals surface area contributed by atoms with E-state index in [2.05, 4.69) is 10.3 Å². The molecule has 2 aromatic rings. The largest absolute Gasteiger partial charge is 0.381 e. The van der Waals surface area contributed by atoms with Gasteiger partial charge in [0, 0.05) is 40.0 Å². The Bertz CT molecular complexity index is 708. The molecule has 7 heteroatoms. The van der Waals surface area contributed by atoms with E-state index in [9.17, 15) is 9.18 Å². The van der Waals surface area contributed by atoms with E-state index in [-0.39, 0.29) is 11.7 Å². The molecule has 0 N–H and O–H groups in total. The monoisotopic (exact) mass is 332 g/mol. The van der Waals surface area contributed by atoms with Gasteiger partial charge in [-0.2, -0.15) is 0 Å². The summed E-state index contributed by atoms with van der Waals surface area (Å²) in [6.07, 6.45) is 3.35. The third-order valence-electron chi connectivity index (χ3n) is 4.62. The normalized spacial score (nSPS) is 16.8. The van der Waals surface area contributed by atoms with Gasteiger partial charge >= 0.3 is 0 Å². The van der Waals surface area contributed by atoms with Crippen molar-refractivity contribution in [3.63, 3.8) is 0 Å². The number of hydrogen-bond acceptors (Lipinski definition) is 4. The van der Waals surface area contributed by atoms with Crippen molar-refractivity contribution in [2.24, 2.45) is 0 Å². The molecule has 1 aliphatic rings. The molecule has 0 saturated carbocycles. The molecule has 6 nitrogen and oxygen atoms in total. The second-order valence-corrected chi connectivity index (χ2v) is 6.18. The van der Waals surface area contributed by atoms with Crippen molar-refractivity contribution >= 4 is 5.91 Å². The first-order valence-electron chi connectivity index (χ1n) is 7.98. The topological polar surface area (TPSA) is 60.2 Å². The third kappa shape index (κ3) is 3.17. The Labute approximate surface area is 140 Å². The van der Waals surface area contributed by atoms with Crippen molar-refractivity contribution in [2.75, 3.05) is 20.3 Å². The second-order valence-electron chi connectivity index (χ2n) is 6.18. The maximum atomic E-state index is 13.3. The number of carbonyl (C=O) groups is 1. The highest BCUT2D eigenvalue weighted by atomic mass is 19.1. The van der Waals surface area contributed by atoms with Crippen LogP contribution in [-0.4, -0.2) is 46.1 Å². The van der Waals surface area contributed by atoms with Gasteiger partial charge in [0.15, 0.2) is 0 Å². The standard InChI is InChI=1S/C17H21FN4O2/c1-13(23)21(2)11-16-12-22(20-19-16)17(7-9-24-10-8-17)14-3-5-15(18)6-4-14/h3-6,12H,7-11H2,1-2H3. The van der Waals surface area contributed by atoms with Crippen molar-refractivity contribution in [1.29, 1.82) is 0 Å². The first-order chi connectivity index (χ1) is 11.5. The van der Waals surface area contributed by atoms with Gasteiger partial charge in [-0.05, 0) is 17.7 Å². The fourth-order valence-corrected chi connectivity index (χ4v) is 3.05. The molecular formula is C17H21FN4O2. The van der Waals surface area contributed by atoms with Crippen LogP contribution in [0.25, 0.3) is 0 Å². The van der Waals surface area contributed by atoms with Crippen molar-refractivity contribution in [3.8, 4) is 0 Å². The first kappa shape index (κ1) is 16.6. The Kier molecular flexibility index (Phi) is 4.62. The minimum absolute atomic E-state index is 0.0242. The summed E-state index contributed by atoms with van der Waals surface area (Å²) in [5.74, 6) is -0.285. The molecule has 1 aliphatic heterocycles. The average molecular weight is 332 g/mol. The average Bonchev–Trinajstić information content (AvgIpc) is 3.05. The van der Waals surface area contributed by atoms with Crippen LogP contribution in [0, 0.1) is 5.82 Å². The molecule has 1 amide bonds. The van der Waals surface area contributed by atoms with E-state index in [0.29, 0.717) is 19.8 Å². The number of benzene rings is 1. The Hall–Kier alpha value is -2.28. The summed E-state index contributed by atoms with van der Waals surface area (Å²) in [6, 6.07) is 6.52. The van der Waals surface area contributed by atoms with Crippen LogP contribution in [0.3, 0.4) is 0 Å². The number of nitrogens with zero attached hydrogens (tertiary/aromatic N) is 4. The Morgan fingerprint density at radius 1 is 1.33 bits per heavy atom. The summed E-state index contributed by atoms with van der Waals surface area (Å²) >= 11 is 0. The lowest BCUT2D eigenvalue weighted by molar-refractivity contribution is -0.128. The van der Waals surface area contributed by atoms with Gasteiger partial charge in [0.25, 0.3) is 0 Å². The van der Waals surface area contributed by atoms with Gasteiger partial charge in [-0.1, -0.05) is 17.3 Å². The van der Waals surface area contributed by atoms with Crippen molar-refractivity contribution in [2.45, 2.75) is 31.8 Å². The molecule has 24 heavy (non-hydrogen) atoms. The van der Waals surface area contributed by atoms with Gasteiger partial charge in [-0.25, -0.2) is 9.07 Å². The van der Waals surface area contributed by atoms with E-state index in [1.165, 1.54) is 19.1 Å². The number of carbonyl (C=O) groups excluding carboxylic acids is 1. The van der Waals surface area contributed by atoms with E-state index < -0.39 is 5.54 Å². The van der Waals surface area contributed by atoms with Crippen LogP contribution in [0.15, 0.2) is 30.5 Å². The van der Waals surface area contributed by atoms with Gasteiger partial charge in [0.05, 0.1) is 18.3 Å². The molecule has 0 unspecified atom stereocenters. The molecule has 1 fully saturated rings. The van der Waals surface area contributed by atoms with Crippen molar-refractivity contribution in [1.82, 2.24) is 19.9 Å². The number of hydrogen-bond donors (Lipinski definition) is 0. The van der Waals surface area contributed by atoms with Crippen LogP contribution in [-0.2, 0) is 21.6 Å². The van der Waals surface area contributed by atoms with Gasteiger partial charge in [-0.15, -0.1) is 5.10 Å². The van der Waals surface area contributed by atoms with Crippen LogP contribution in [0.2, 0.25) is 0 Å². The van der Waals surface area contributed by atoms with E-state index in [1.54, 1.807) is 24.1 Å².